The third-order valence-electron chi connectivity index (χ3n) is 4.57. The number of rotatable bonds is 9. The van der Waals surface area contributed by atoms with Crippen molar-refractivity contribution in [2.45, 2.75) is 25.8 Å². The first-order valence-electron chi connectivity index (χ1n) is 9.73. The predicted molar refractivity (Wildman–Crippen MR) is 130 cm³/mol. The molecule has 0 aromatic heterocycles. The molecule has 2 aromatic carbocycles. The molecule has 176 valence electrons. The van der Waals surface area contributed by atoms with Crippen LogP contribution in [0.5, 0.6) is 5.75 Å². The number of halogens is 2. The molecule has 0 spiro atoms. The maximum atomic E-state index is 12.5. The Morgan fingerprint density at radius 3 is 2.52 bits per heavy atom. The van der Waals surface area contributed by atoms with E-state index in [1.165, 1.54) is 12.1 Å². The van der Waals surface area contributed by atoms with Crippen molar-refractivity contribution in [2.24, 2.45) is 5.73 Å². The zero-order valence-electron chi connectivity index (χ0n) is 17.5. The third-order valence-corrected chi connectivity index (χ3v) is 6.13. The molecule has 2 rings (SSSR count). The van der Waals surface area contributed by atoms with Crippen LogP contribution in [-0.2, 0) is 16.0 Å². The minimum atomic E-state index is -1.18. The van der Waals surface area contributed by atoms with Crippen LogP contribution in [0.15, 0.2) is 39.3 Å². The third kappa shape index (κ3) is 7.19. The maximum absolute atomic E-state index is 12.5. The van der Waals surface area contributed by atoms with E-state index >= 15 is 0 Å². The maximum Gasteiger partial charge on any atom is 0.305 e. The number of carbonyl (C=O) groups excluding carboxylic acids is 2. The summed E-state index contributed by atoms with van der Waals surface area (Å²) >= 11 is 6.72. The minimum absolute atomic E-state index is 0.166. The average molecular weight is 585 g/mol. The predicted octanol–water partition coefficient (Wildman–Crippen LogP) is 2.85. The summed E-state index contributed by atoms with van der Waals surface area (Å²) in [6.45, 7) is 1.48. The Kier molecular flexibility index (Phi) is 9.23. The van der Waals surface area contributed by atoms with Crippen molar-refractivity contribution < 1.29 is 24.6 Å². The van der Waals surface area contributed by atoms with Gasteiger partial charge in [-0.05, 0) is 52.2 Å². The fraction of sp³-hybridized carbons (Fsp3) is 0.238. The lowest BCUT2D eigenvalue weighted by atomic mass is 9.99. The van der Waals surface area contributed by atoms with E-state index in [1.807, 2.05) is 6.92 Å². The molecule has 1 atom stereocenters. The summed E-state index contributed by atoms with van der Waals surface area (Å²) in [6, 6.07) is 6.72. The quantitative estimate of drug-likeness (QED) is 0.175. The number of carboxylic acid groups (broad SMARTS) is 1. The zero-order valence-corrected chi connectivity index (χ0v) is 20.7. The van der Waals surface area contributed by atoms with Gasteiger partial charge in [0.2, 0.25) is 5.91 Å². The second-order valence-electron chi connectivity index (χ2n) is 6.96. The first-order valence-corrected chi connectivity index (χ1v) is 11.3. The molecule has 8 N–H and O–H groups in total. The van der Waals surface area contributed by atoms with Gasteiger partial charge in [-0.3, -0.25) is 19.8 Å². The number of carbonyl (C=O) groups is 3. The van der Waals surface area contributed by atoms with Crippen molar-refractivity contribution in [3.8, 4) is 5.75 Å². The van der Waals surface area contributed by atoms with Crippen molar-refractivity contribution in [3.63, 3.8) is 0 Å². The van der Waals surface area contributed by atoms with Crippen LogP contribution < -0.4 is 21.7 Å². The molecular weight excluding hydrogens is 562 g/mol. The van der Waals surface area contributed by atoms with Crippen LogP contribution in [0.1, 0.15) is 40.9 Å². The highest BCUT2D eigenvalue weighted by Gasteiger charge is 2.25. The van der Waals surface area contributed by atoms with Gasteiger partial charge in [-0.2, -0.15) is 0 Å². The molecule has 0 aliphatic carbocycles. The van der Waals surface area contributed by atoms with Gasteiger partial charge < -0.3 is 31.9 Å². The Bertz CT molecular complexity index is 1090. The number of nitrogens with one attached hydrogen (secondary N) is 4. The summed E-state index contributed by atoms with van der Waals surface area (Å²) in [5.41, 5.74) is 6.96. The van der Waals surface area contributed by atoms with Crippen LogP contribution >= 0.6 is 31.9 Å². The molecule has 0 bridgehead atoms. The number of nitrogens with two attached hydrogens (primary N) is 1. The minimum Gasteiger partial charge on any atom is -0.506 e. The Balaban J connectivity index is 2.13. The number of hydrogen-bond acceptors (Lipinski definition) is 5. The van der Waals surface area contributed by atoms with E-state index in [0.717, 1.165) is 5.56 Å². The molecule has 33 heavy (non-hydrogen) atoms. The summed E-state index contributed by atoms with van der Waals surface area (Å²) in [6.07, 6.45) is 0.135. The van der Waals surface area contributed by atoms with E-state index in [4.69, 9.17) is 11.1 Å². The zero-order chi connectivity index (χ0) is 24.7. The number of aliphatic carboxylic acids is 1. The normalized spacial score (nSPS) is 11.4. The fourth-order valence-corrected chi connectivity index (χ4v) is 4.79. The van der Waals surface area contributed by atoms with Crippen LogP contribution in [0.3, 0.4) is 0 Å². The standard InChI is InChI=1S/C21H23Br2N5O5/c1-2-12-14(22)7-13(19(32)18(12)23)15(8-17(30)31)28-16(29)9-26-20(33)10-4-3-5-11(6-10)27-21(24)25/h3-7,15,32H,2,8-9H2,1H3,(H,26,33)(H,28,29)(H,30,31)(H4,24,25,27). The van der Waals surface area contributed by atoms with E-state index in [-0.39, 0.29) is 22.8 Å². The van der Waals surface area contributed by atoms with Crippen molar-refractivity contribution >= 4 is 61.3 Å². The molecule has 0 aliphatic rings. The number of aromatic hydroxyl groups is 1. The van der Waals surface area contributed by atoms with Crippen molar-refractivity contribution in [1.29, 1.82) is 5.41 Å². The summed E-state index contributed by atoms with van der Waals surface area (Å²) in [4.78, 5) is 36.2. The van der Waals surface area contributed by atoms with Crippen LogP contribution in [0.2, 0.25) is 0 Å². The summed E-state index contributed by atoms with van der Waals surface area (Å²) in [5, 5.41) is 34.7. The first kappa shape index (κ1) is 26.1. The van der Waals surface area contributed by atoms with Crippen LogP contribution in [-0.4, -0.2) is 40.5 Å². The van der Waals surface area contributed by atoms with E-state index in [1.54, 1.807) is 18.2 Å². The number of amides is 2. The summed E-state index contributed by atoms with van der Waals surface area (Å²) in [5.74, 6) is -2.82. The Morgan fingerprint density at radius 2 is 1.91 bits per heavy atom. The van der Waals surface area contributed by atoms with Gasteiger partial charge in [0.05, 0.1) is 23.5 Å². The molecule has 10 nitrogen and oxygen atoms in total. The lowest BCUT2D eigenvalue weighted by molar-refractivity contribution is -0.137. The van der Waals surface area contributed by atoms with Gasteiger partial charge >= 0.3 is 5.97 Å². The number of hydrogen-bond donors (Lipinski definition) is 7. The number of carboxylic acids is 1. The number of guanidine groups is 1. The molecule has 0 aliphatic heterocycles. The van der Waals surface area contributed by atoms with E-state index < -0.39 is 36.8 Å². The van der Waals surface area contributed by atoms with Crippen molar-refractivity contribution in [1.82, 2.24) is 10.6 Å². The molecule has 0 fully saturated rings. The summed E-state index contributed by atoms with van der Waals surface area (Å²) in [7, 11) is 0. The lowest BCUT2D eigenvalue weighted by Gasteiger charge is -2.21. The molecule has 0 saturated carbocycles. The second-order valence-corrected chi connectivity index (χ2v) is 8.61. The highest BCUT2D eigenvalue weighted by atomic mass is 79.9. The number of phenolic OH excluding ortho intramolecular Hbond substituents is 1. The Hall–Kier alpha value is -3.12. The van der Waals surface area contributed by atoms with E-state index in [9.17, 15) is 24.6 Å². The Morgan fingerprint density at radius 1 is 1.21 bits per heavy atom. The molecule has 0 radical (unpaired) electrons. The molecule has 0 heterocycles. The topological polar surface area (TPSA) is 178 Å². The highest BCUT2D eigenvalue weighted by Crippen LogP contribution is 2.40. The fourth-order valence-electron chi connectivity index (χ4n) is 3.07. The van der Waals surface area contributed by atoms with Crippen LogP contribution in [0.4, 0.5) is 5.69 Å². The molecular formula is C21H23Br2N5O5. The van der Waals surface area contributed by atoms with E-state index in [0.29, 0.717) is 21.1 Å². The average Bonchev–Trinajstić information content (AvgIpc) is 2.74. The highest BCUT2D eigenvalue weighted by molar-refractivity contribution is 9.11. The van der Waals surface area contributed by atoms with Gasteiger partial charge in [-0.1, -0.05) is 28.9 Å². The smallest absolute Gasteiger partial charge is 0.305 e. The monoisotopic (exact) mass is 583 g/mol. The molecule has 1 unspecified atom stereocenters. The molecule has 0 saturated heterocycles. The summed E-state index contributed by atoms with van der Waals surface area (Å²) < 4.78 is 1.06. The largest absolute Gasteiger partial charge is 0.506 e. The van der Waals surface area contributed by atoms with Crippen molar-refractivity contribution in [3.05, 3.63) is 56.0 Å². The van der Waals surface area contributed by atoms with Gasteiger partial charge in [0.1, 0.15) is 5.75 Å². The van der Waals surface area contributed by atoms with Gasteiger partial charge in [-0.15, -0.1) is 0 Å². The Labute approximate surface area is 206 Å². The van der Waals surface area contributed by atoms with Gasteiger partial charge in [-0.25, -0.2) is 0 Å². The second kappa shape index (κ2) is 11.7. The molecule has 12 heteroatoms. The number of anilines is 1. The number of benzene rings is 2. The van der Waals surface area contributed by atoms with Crippen LogP contribution in [0, 0.1) is 5.41 Å². The lowest BCUT2D eigenvalue weighted by Crippen LogP contribution is -2.39. The molecule has 2 aromatic rings. The van der Waals surface area contributed by atoms with Crippen LogP contribution in [0.25, 0.3) is 0 Å². The SMILES string of the molecule is CCc1c(Br)cc(C(CC(=O)O)NC(=O)CNC(=O)c2cccc(NC(=N)N)c2)c(O)c1Br. The van der Waals surface area contributed by atoms with E-state index in [2.05, 4.69) is 47.8 Å². The van der Waals surface area contributed by atoms with Gasteiger partial charge in [0, 0.05) is 21.3 Å². The molecule has 2 amide bonds. The number of phenols is 1. The van der Waals surface area contributed by atoms with Crippen molar-refractivity contribution in [2.75, 3.05) is 11.9 Å². The first-order chi connectivity index (χ1) is 15.5. The van der Waals surface area contributed by atoms with Gasteiger partial charge in [0.25, 0.3) is 5.91 Å². The van der Waals surface area contributed by atoms with Gasteiger partial charge in [0.15, 0.2) is 5.96 Å².